The lowest BCUT2D eigenvalue weighted by atomic mass is 9.88. The van der Waals surface area contributed by atoms with Crippen LogP contribution < -0.4 is 0 Å². The highest BCUT2D eigenvalue weighted by Gasteiger charge is 2.17. The van der Waals surface area contributed by atoms with Gasteiger partial charge in [-0.25, -0.2) is 0 Å². The summed E-state index contributed by atoms with van der Waals surface area (Å²) >= 11 is 0. The van der Waals surface area contributed by atoms with E-state index in [2.05, 4.69) is 57.2 Å². The quantitative estimate of drug-likeness (QED) is 0.106. The number of unbranched alkanes of at least 4 members (excludes halogenated alkanes) is 12. The molecule has 0 amide bonds. The van der Waals surface area contributed by atoms with Crippen LogP contribution in [0.2, 0.25) is 0 Å². The third-order valence-corrected chi connectivity index (χ3v) is 6.73. The maximum absolute atomic E-state index is 10.9. The molecule has 1 N–H and O–H groups in total. The molecule has 0 aliphatic carbocycles. The molecular weight excluding hydrogens is 400 g/mol. The van der Waals surface area contributed by atoms with Gasteiger partial charge in [-0.3, -0.25) is 0 Å². The zero-order valence-electron chi connectivity index (χ0n) is 22.9. The monoisotopic (exact) mass is 460 g/mol. The van der Waals surface area contributed by atoms with Gasteiger partial charge in [-0.2, -0.15) is 0 Å². The summed E-state index contributed by atoms with van der Waals surface area (Å²) in [7, 11) is 0. The van der Waals surface area contributed by atoms with E-state index in [9.17, 15) is 5.11 Å². The molecule has 0 spiro atoms. The van der Waals surface area contributed by atoms with Gasteiger partial charge < -0.3 is 5.11 Å². The maximum Gasteiger partial charge on any atom is 0.0568 e. The van der Waals surface area contributed by atoms with Crippen LogP contribution in [0.4, 0.5) is 0 Å². The van der Waals surface area contributed by atoms with Crippen molar-refractivity contribution in [2.45, 2.75) is 162 Å². The van der Waals surface area contributed by atoms with Gasteiger partial charge in [-0.1, -0.05) is 95.8 Å². The highest BCUT2D eigenvalue weighted by molar-refractivity contribution is 4.85. The fourth-order valence-electron chi connectivity index (χ4n) is 4.45. The van der Waals surface area contributed by atoms with E-state index in [0.29, 0.717) is 5.92 Å². The van der Waals surface area contributed by atoms with Crippen molar-refractivity contribution < 1.29 is 5.11 Å². The van der Waals surface area contributed by atoms with Crippen LogP contribution in [0.3, 0.4) is 0 Å². The first kappa shape index (κ1) is 32.2. The molecule has 0 rings (SSSR count). The van der Waals surface area contributed by atoms with Crippen LogP contribution in [0, 0.1) is 5.92 Å². The molecule has 0 aliphatic rings. The lowest BCUT2D eigenvalue weighted by Crippen LogP contribution is -2.20. The molecule has 0 bridgehead atoms. The summed E-state index contributed by atoms with van der Waals surface area (Å²) in [5, 5.41) is 10.9. The summed E-state index contributed by atoms with van der Waals surface area (Å²) in [6.07, 6.45) is 40.0. The molecule has 0 radical (unpaired) electrons. The van der Waals surface area contributed by atoms with Crippen molar-refractivity contribution in [2.24, 2.45) is 5.92 Å². The largest absolute Gasteiger partial charge is 0.393 e. The van der Waals surface area contributed by atoms with E-state index in [1.165, 1.54) is 116 Å². The fraction of sp³-hybridized carbons (Fsp3) is 0.812. The summed E-state index contributed by atoms with van der Waals surface area (Å²) in [6, 6.07) is 0. The van der Waals surface area contributed by atoms with Crippen molar-refractivity contribution >= 4 is 0 Å². The fourth-order valence-corrected chi connectivity index (χ4v) is 4.45. The Kier molecular flexibility index (Phi) is 26.7. The van der Waals surface area contributed by atoms with Gasteiger partial charge in [0, 0.05) is 0 Å². The third-order valence-electron chi connectivity index (χ3n) is 6.73. The molecule has 1 atom stereocenters. The van der Waals surface area contributed by atoms with Crippen LogP contribution in [0.1, 0.15) is 156 Å². The van der Waals surface area contributed by atoms with Crippen LogP contribution in [0.25, 0.3) is 0 Å². The predicted octanol–water partition coefficient (Wildman–Crippen LogP) is 10.9. The van der Waals surface area contributed by atoms with Gasteiger partial charge in [0.1, 0.15) is 0 Å². The smallest absolute Gasteiger partial charge is 0.0568 e. The van der Waals surface area contributed by atoms with Gasteiger partial charge in [-0.15, -0.1) is 0 Å². The Balaban J connectivity index is 4.25. The molecule has 0 saturated carbocycles. The number of aliphatic hydroxyl groups is 1. The minimum Gasteiger partial charge on any atom is -0.393 e. The Hall–Kier alpha value is -0.820. The van der Waals surface area contributed by atoms with Crippen molar-refractivity contribution in [3.63, 3.8) is 0 Å². The lowest BCUT2D eigenvalue weighted by Gasteiger charge is -2.22. The summed E-state index contributed by atoms with van der Waals surface area (Å²) in [6.45, 7) is 6.79. The molecule has 0 fully saturated rings. The molecule has 0 aliphatic heterocycles. The summed E-state index contributed by atoms with van der Waals surface area (Å²) in [5.74, 6) is 0.473. The highest BCUT2D eigenvalue weighted by atomic mass is 16.3. The second kappa shape index (κ2) is 27.4. The van der Waals surface area contributed by atoms with Gasteiger partial charge >= 0.3 is 0 Å². The molecule has 33 heavy (non-hydrogen) atoms. The topological polar surface area (TPSA) is 20.2 Å². The summed E-state index contributed by atoms with van der Waals surface area (Å²) < 4.78 is 0. The normalized spacial score (nSPS) is 13.4. The van der Waals surface area contributed by atoms with Crippen LogP contribution in [0.5, 0.6) is 0 Å². The van der Waals surface area contributed by atoms with Crippen LogP contribution in [0.15, 0.2) is 36.5 Å². The lowest BCUT2D eigenvalue weighted by molar-refractivity contribution is 0.0851. The average Bonchev–Trinajstić information content (AvgIpc) is 2.82. The van der Waals surface area contributed by atoms with E-state index in [1.54, 1.807) is 0 Å². The molecule has 1 nitrogen and oxygen atoms in total. The second-order valence-corrected chi connectivity index (χ2v) is 10.0. The molecule has 0 saturated heterocycles. The van der Waals surface area contributed by atoms with Gasteiger partial charge in [0.15, 0.2) is 0 Å². The Morgan fingerprint density at radius 3 is 1.06 bits per heavy atom. The average molecular weight is 461 g/mol. The van der Waals surface area contributed by atoms with Gasteiger partial charge in [0.05, 0.1) is 6.10 Å². The van der Waals surface area contributed by atoms with Crippen molar-refractivity contribution in [3.05, 3.63) is 36.5 Å². The number of aliphatic hydroxyl groups excluding tert-OH is 1. The predicted molar refractivity (Wildman–Crippen MR) is 151 cm³/mol. The number of hydrogen-bond acceptors (Lipinski definition) is 1. The standard InChI is InChI=1S/C32H60O/c1-4-7-10-13-16-19-22-25-28-31(29-26-23-20-17-14-11-8-5-2)32(33)30-27-24-21-18-15-12-9-6-3/h16-21,31-33H,4-15,22-30H2,1-3H3/b19-16-,20-17-,21-18-. The van der Waals surface area contributed by atoms with E-state index in [1.807, 2.05) is 0 Å². The Morgan fingerprint density at radius 2 is 0.727 bits per heavy atom. The number of allylic oxidation sites excluding steroid dienone is 6. The van der Waals surface area contributed by atoms with Crippen molar-refractivity contribution in [3.8, 4) is 0 Å². The highest BCUT2D eigenvalue weighted by Crippen LogP contribution is 2.24. The van der Waals surface area contributed by atoms with E-state index >= 15 is 0 Å². The molecule has 0 aromatic rings. The maximum atomic E-state index is 10.9. The summed E-state index contributed by atoms with van der Waals surface area (Å²) in [5.41, 5.74) is 0. The van der Waals surface area contributed by atoms with Gasteiger partial charge in [-0.05, 0) is 102 Å². The minimum atomic E-state index is -0.124. The second-order valence-electron chi connectivity index (χ2n) is 10.0. The third kappa shape index (κ3) is 24.1. The van der Waals surface area contributed by atoms with Crippen molar-refractivity contribution in [1.82, 2.24) is 0 Å². The van der Waals surface area contributed by atoms with Crippen LogP contribution in [-0.2, 0) is 0 Å². The Bertz CT molecular complexity index is 421. The molecule has 1 heteroatoms. The molecule has 0 aromatic heterocycles. The zero-order chi connectivity index (χ0) is 24.2. The molecule has 194 valence electrons. The number of hydrogen-bond donors (Lipinski definition) is 1. The first-order valence-corrected chi connectivity index (χ1v) is 14.9. The zero-order valence-corrected chi connectivity index (χ0v) is 22.9. The number of rotatable bonds is 25. The molecular formula is C32H60O. The Labute approximate surface area is 209 Å². The van der Waals surface area contributed by atoms with Crippen LogP contribution in [-0.4, -0.2) is 11.2 Å². The molecule has 0 aromatic carbocycles. The Morgan fingerprint density at radius 1 is 0.424 bits per heavy atom. The van der Waals surface area contributed by atoms with Gasteiger partial charge in [0.25, 0.3) is 0 Å². The van der Waals surface area contributed by atoms with Gasteiger partial charge in [0.2, 0.25) is 0 Å². The minimum absolute atomic E-state index is 0.124. The van der Waals surface area contributed by atoms with Crippen molar-refractivity contribution in [1.29, 1.82) is 0 Å². The van der Waals surface area contributed by atoms with E-state index in [0.717, 1.165) is 19.3 Å². The van der Waals surface area contributed by atoms with E-state index in [-0.39, 0.29) is 6.10 Å². The molecule has 1 unspecified atom stereocenters. The first-order valence-electron chi connectivity index (χ1n) is 14.9. The first-order chi connectivity index (χ1) is 16.3. The molecule has 0 heterocycles. The summed E-state index contributed by atoms with van der Waals surface area (Å²) in [4.78, 5) is 0. The van der Waals surface area contributed by atoms with Crippen molar-refractivity contribution in [2.75, 3.05) is 0 Å². The van der Waals surface area contributed by atoms with Crippen LogP contribution >= 0.6 is 0 Å². The SMILES string of the molecule is CCCCC/C=C\CCCC(O)C(CCC/C=C\CCCCC)CCC/C=C\CCCCC. The van der Waals surface area contributed by atoms with E-state index in [4.69, 9.17) is 0 Å². The van der Waals surface area contributed by atoms with E-state index < -0.39 is 0 Å².